The van der Waals surface area contributed by atoms with Gasteiger partial charge in [0, 0.05) is 31.2 Å². The van der Waals surface area contributed by atoms with E-state index in [2.05, 4.69) is 48.3 Å². The van der Waals surface area contributed by atoms with Crippen LogP contribution in [0.2, 0.25) is 0 Å². The van der Waals surface area contributed by atoms with Crippen LogP contribution in [0.4, 0.5) is 9.18 Å². The minimum Gasteiger partial charge on any atom is -0.331 e. The van der Waals surface area contributed by atoms with E-state index in [1.165, 1.54) is 23.3 Å². The molecule has 4 nitrogen and oxygen atoms in total. The summed E-state index contributed by atoms with van der Waals surface area (Å²) in [5.41, 5.74) is 3.60. The molecule has 4 rings (SSSR count). The van der Waals surface area contributed by atoms with Crippen molar-refractivity contribution in [2.45, 2.75) is 51.4 Å². The normalized spacial score (nSPS) is 23.6. The number of halogens is 1. The first-order chi connectivity index (χ1) is 13.4. The quantitative estimate of drug-likeness (QED) is 0.851. The number of piperazine rings is 1. The lowest BCUT2D eigenvalue weighted by Gasteiger charge is -2.38. The maximum absolute atomic E-state index is 13.1. The zero-order valence-corrected chi connectivity index (χ0v) is 16.7. The van der Waals surface area contributed by atoms with Crippen LogP contribution in [0, 0.1) is 12.7 Å². The number of aryl methyl sites for hydroxylation is 1. The Bertz CT molecular complexity index is 853. The van der Waals surface area contributed by atoms with Gasteiger partial charge in [-0.25, -0.2) is 9.18 Å². The van der Waals surface area contributed by atoms with E-state index in [4.69, 9.17) is 0 Å². The lowest BCUT2D eigenvalue weighted by molar-refractivity contribution is 0.108. The van der Waals surface area contributed by atoms with Gasteiger partial charge in [0.25, 0.3) is 0 Å². The van der Waals surface area contributed by atoms with Crippen LogP contribution in [0.1, 0.15) is 49.0 Å². The highest BCUT2D eigenvalue weighted by atomic mass is 19.1. The average Bonchev–Trinajstić information content (AvgIpc) is 3.29. The zero-order valence-electron chi connectivity index (χ0n) is 16.7. The van der Waals surface area contributed by atoms with Crippen molar-refractivity contribution in [2.75, 3.05) is 13.1 Å². The second kappa shape index (κ2) is 7.55. The SMILES string of the molecule is Cc1ccccc1C(C)N1CC2CC1CN2C(=O)NC(C)c1ccc(F)cc1. The van der Waals surface area contributed by atoms with Crippen molar-refractivity contribution < 1.29 is 9.18 Å². The number of benzene rings is 2. The highest BCUT2D eigenvalue weighted by molar-refractivity contribution is 5.75. The lowest BCUT2D eigenvalue weighted by Crippen LogP contribution is -2.52. The molecule has 2 aromatic rings. The fourth-order valence-electron chi connectivity index (χ4n) is 4.76. The molecule has 2 heterocycles. The van der Waals surface area contributed by atoms with Crippen LogP contribution in [0.25, 0.3) is 0 Å². The number of hydrogen-bond donors (Lipinski definition) is 1. The van der Waals surface area contributed by atoms with Gasteiger partial charge in [-0.3, -0.25) is 4.90 Å². The number of fused-ring (bicyclic) bond motifs is 2. The van der Waals surface area contributed by atoms with Gasteiger partial charge in [-0.2, -0.15) is 0 Å². The molecule has 2 aliphatic heterocycles. The molecule has 28 heavy (non-hydrogen) atoms. The Kier molecular flexibility index (Phi) is 5.11. The van der Waals surface area contributed by atoms with Crippen molar-refractivity contribution >= 4 is 6.03 Å². The summed E-state index contributed by atoms with van der Waals surface area (Å²) in [7, 11) is 0. The maximum atomic E-state index is 13.1. The average molecular weight is 381 g/mol. The van der Waals surface area contributed by atoms with Gasteiger partial charge in [0.15, 0.2) is 0 Å². The molecular weight excluding hydrogens is 353 g/mol. The second-order valence-electron chi connectivity index (χ2n) is 8.15. The summed E-state index contributed by atoms with van der Waals surface area (Å²) in [5.74, 6) is -0.262. The van der Waals surface area contributed by atoms with E-state index in [0.717, 1.165) is 25.1 Å². The Balaban J connectivity index is 1.38. The molecule has 2 aliphatic rings. The summed E-state index contributed by atoms with van der Waals surface area (Å²) in [4.78, 5) is 17.3. The number of carbonyl (C=O) groups is 1. The summed E-state index contributed by atoms with van der Waals surface area (Å²) in [6.07, 6.45) is 1.04. The topological polar surface area (TPSA) is 35.6 Å². The van der Waals surface area contributed by atoms with E-state index in [0.29, 0.717) is 12.1 Å². The highest BCUT2D eigenvalue weighted by Crippen LogP contribution is 2.37. The van der Waals surface area contributed by atoms with Crippen molar-refractivity contribution in [3.05, 3.63) is 71.0 Å². The first-order valence-electron chi connectivity index (χ1n) is 10.1. The number of carbonyl (C=O) groups excluding carboxylic acids is 1. The third-order valence-corrected chi connectivity index (χ3v) is 6.39. The molecule has 4 unspecified atom stereocenters. The van der Waals surface area contributed by atoms with Gasteiger partial charge in [0.1, 0.15) is 5.82 Å². The molecule has 148 valence electrons. The molecule has 4 atom stereocenters. The molecule has 2 aromatic carbocycles. The molecule has 0 aliphatic carbocycles. The fraction of sp³-hybridized carbons (Fsp3) is 0.435. The van der Waals surface area contributed by atoms with Crippen LogP contribution >= 0.6 is 0 Å². The summed E-state index contributed by atoms with van der Waals surface area (Å²) in [5, 5.41) is 3.07. The molecule has 2 amide bonds. The van der Waals surface area contributed by atoms with Crippen LogP contribution in [0.3, 0.4) is 0 Å². The van der Waals surface area contributed by atoms with Crippen LogP contribution in [-0.2, 0) is 0 Å². The molecule has 0 saturated carbocycles. The van der Waals surface area contributed by atoms with Crippen LogP contribution in [-0.4, -0.2) is 41.0 Å². The fourth-order valence-corrected chi connectivity index (χ4v) is 4.76. The van der Waals surface area contributed by atoms with Crippen molar-refractivity contribution in [2.24, 2.45) is 0 Å². The van der Waals surface area contributed by atoms with Crippen LogP contribution < -0.4 is 5.32 Å². The van der Waals surface area contributed by atoms with E-state index in [9.17, 15) is 9.18 Å². The number of amides is 2. The van der Waals surface area contributed by atoms with Crippen molar-refractivity contribution in [1.29, 1.82) is 0 Å². The zero-order chi connectivity index (χ0) is 19.8. The van der Waals surface area contributed by atoms with Crippen molar-refractivity contribution in [3.8, 4) is 0 Å². The van der Waals surface area contributed by atoms with Crippen LogP contribution in [0.15, 0.2) is 48.5 Å². The standard InChI is InChI=1S/C23H28FN3O/c1-15-6-4-5-7-22(15)17(3)26-13-21-12-20(26)14-27(21)23(28)25-16(2)18-8-10-19(24)11-9-18/h4-11,16-17,20-21H,12-14H2,1-3H3,(H,25,28). The Morgan fingerprint density at radius 2 is 1.79 bits per heavy atom. The number of nitrogens with one attached hydrogen (secondary N) is 1. The van der Waals surface area contributed by atoms with E-state index in [-0.39, 0.29) is 23.9 Å². The number of hydrogen-bond acceptors (Lipinski definition) is 2. The van der Waals surface area contributed by atoms with Gasteiger partial charge >= 0.3 is 6.03 Å². The molecular formula is C23H28FN3O. The Labute approximate surface area is 166 Å². The van der Waals surface area contributed by atoms with E-state index >= 15 is 0 Å². The van der Waals surface area contributed by atoms with E-state index < -0.39 is 0 Å². The van der Waals surface area contributed by atoms with Gasteiger partial charge in [-0.1, -0.05) is 36.4 Å². The Morgan fingerprint density at radius 3 is 2.43 bits per heavy atom. The highest BCUT2D eigenvalue weighted by Gasteiger charge is 2.47. The van der Waals surface area contributed by atoms with Crippen molar-refractivity contribution in [3.63, 3.8) is 0 Å². The molecule has 0 radical (unpaired) electrons. The predicted molar refractivity (Wildman–Crippen MR) is 109 cm³/mol. The number of likely N-dealkylation sites (tertiary alicyclic amines) is 2. The van der Waals surface area contributed by atoms with E-state index in [1.54, 1.807) is 12.1 Å². The number of rotatable bonds is 4. The van der Waals surface area contributed by atoms with Gasteiger partial charge in [0.2, 0.25) is 0 Å². The Hall–Kier alpha value is -2.40. The minimum atomic E-state index is -0.262. The lowest BCUT2D eigenvalue weighted by atomic mass is 10.0. The molecule has 0 spiro atoms. The molecule has 2 saturated heterocycles. The molecule has 5 heteroatoms. The predicted octanol–water partition coefficient (Wildman–Crippen LogP) is 4.42. The van der Waals surface area contributed by atoms with E-state index in [1.807, 2.05) is 11.8 Å². The summed E-state index contributed by atoms with van der Waals surface area (Å²) in [6.45, 7) is 8.05. The summed E-state index contributed by atoms with van der Waals surface area (Å²) in [6, 6.07) is 15.7. The Morgan fingerprint density at radius 1 is 1.07 bits per heavy atom. The van der Waals surface area contributed by atoms with Crippen LogP contribution in [0.5, 0.6) is 0 Å². The summed E-state index contributed by atoms with van der Waals surface area (Å²) < 4.78 is 13.1. The summed E-state index contributed by atoms with van der Waals surface area (Å²) >= 11 is 0. The maximum Gasteiger partial charge on any atom is 0.318 e. The largest absolute Gasteiger partial charge is 0.331 e. The molecule has 0 aromatic heterocycles. The smallest absolute Gasteiger partial charge is 0.318 e. The van der Waals surface area contributed by atoms with Gasteiger partial charge < -0.3 is 10.2 Å². The molecule has 2 fully saturated rings. The monoisotopic (exact) mass is 381 g/mol. The van der Waals surface area contributed by atoms with Gasteiger partial charge in [-0.15, -0.1) is 0 Å². The first-order valence-corrected chi connectivity index (χ1v) is 10.1. The van der Waals surface area contributed by atoms with Crippen molar-refractivity contribution in [1.82, 2.24) is 15.1 Å². The third-order valence-electron chi connectivity index (χ3n) is 6.39. The third kappa shape index (κ3) is 3.51. The molecule has 1 N–H and O–H groups in total. The van der Waals surface area contributed by atoms with Gasteiger partial charge in [0.05, 0.1) is 6.04 Å². The minimum absolute atomic E-state index is 0.0208. The number of urea groups is 1. The first kappa shape index (κ1) is 18.9. The molecule has 2 bridgehead atoms. The second-order valence-corrected chi connectivity index (χ2v) is 8.15. The van der Waals surface area contributed by atoms with Gasteiger partial charge in [-0.05, 0) is 56.0 Å². The number of nitrogens with zero attached hydrogens (tertiary/aromatic N) is 2.